The Morgan fingerprint density at radius 2 is 1.82 bits per heavy atom. The third-order valence-electron chi connectivity index (χ3n) is 3.20. The summed E-state index contributed by atoms with van der Waals surface area (Å²) in [6.07, 6.45) is 0. The third-order valence-corrected chi connectivity index (χ3v) is 3.40. The van der Waals surface area contributed by atoms with Crippen LogP contribution in [0.15, 0.2) is 24.3 Å². The van der Waals surface area contributed by atoms with Gasteiger partial charge in [-0.2, -0.15) is 0 Å². The Bertz CT molecular complexity index is 467. The van der Waals surface area contributed by atoms with Crippen LogP contribution in [0.2, 0.25) is 0 Å². The van der Waals surface area contributed by atoms with Gasteiger partial charge in [0.2, 0.25) is 0 Å². The van der Waals surface area contributed by atoms with Gasteiger partial charge in [-0.3, -0.25) is 4.79 Å². The van der Waals surface area contributed by atoms with E-state index in [0.29, 0.717) is 11.0 Å². The predicted octanol–water partition coefficient (Wildman–Crippen LogP) is 2.03. The normalized spacial score (nSPS) is 23.8. The number of rotatable bonds is 2. The summed E-state index contributed by atoms with van der Waals surface area (Å²) in [5.41, 5.74) is 1.45. The Hall–Kier alpha value is -1.42. The van der Waals surface area contributed by atoms with Gasteiger partial charge in [-0.15, -0.1) is 0 Å². The number of hydrogen-bond acceptors (Lipinski definition) is 2. The number of amides is 1. The van der Waals surface area contributed by atoms with E-state index in [1.807, 2.05) is 19.1 Å². The van der Waals surface area contributed by atoms with Crippen LogP contribution >= 0.6 is 12.2 Å². The summed E-state index contributed by atoms with van der Waals surface area (Å²) in [5.74, 6) is 0.392. The highest BCUT2D eigenvalue weighted by Crippen LogP contribution is 2.26. The third kappa shape index (κ3) is 2.05. The molecule has 2 N–H and O–H groups in total. The smallest absolute Gasteiger partial charge is 0.256 e. The quantitative estimate of drug-likeness (QED) is 0.787. The fourth-order valence-corrected chi connectivity index (χ4v) is 2.24. The van der Waals surface area contributed by atoms with E-state index in [2.05, 4.69) is 36.6 Å². The van der Waals surface area contributed by atoms with E-state index in [1.54, 1.807) is 0 Å². The number of benzene rings is 1. The molecule has 1 amide bonds. The molecule has 90 valence electrons. The summed E-state index contributed by atoms with van der Waals surface area (Å²) in [7, 11) is 0. The Labute approximate surface area is 107 Å². The van der Waals surface area contributed by atoms with E-state index < -0.39 is 5.54 Å². The Morgan fingerprint density at radius 1 is 1.24 bits per heavy atom. The molecule has 1 aromatic carbocycles. The van der Waals surface area contributed by atoms with Crippen molar-refractivity contribution < 1.29 is 4.79 Å². The maximum absolute atomic E-state index is 11.9. The highest BCUT2D eigenvalue weighted by atomic mass is 32.1. The highest BCUT2D eigenvalue weighted by Gasteiger charge is 2.41. The Balaban J connectivity index is 2.34. The summed E-state index contributed by atoms with van der Waals surface area (Å²) in [4.78, 5) is 11.9. The van der Waals surface area contributed by atoms with Crippen LogP contribution in [-0.4, -0.2) is 11.0 Å². The van der Waals surface area contributed by atoms with Crippen molar-refractivity contribution in [2.45, 2.75) is 32.2 Å². The molecule has 1 saturated heterocycles. The van der Waals surface area contributed by atoms with Crippen LogP contribution in [0.3, 0.4) is 0 Å². The lowest BCUT2D eigenvalue weighted by Crippen LogP contribution is -2.40. The Morgan fingerprint density at radius 3 is 2.24 bits per heavy atom. The molecule has 1 atom stereocenters. The minimum Gasteiger partial charge on any atom is -0.345 e. The minimum atomic E-state index is -0.743. The molecule has 2 rings (SSSR count). The zero-order valence-electron chi connectivity index (χ0n) is 10.2. The van der Waals surface area contributed by atoms with Crippen molar-refractivity contribution in [2.75, 3.05) is 0 Å². The van der Waals surface area contributed by atoms with Crippen molar-refractivity contribution in [3.63, 3.8) is 0 Å². The largest absolute Gasteiger partial charge is 0.345 e. The van der Waals surface area contributed by atoms with E-state index in [0.717, 1.165) is 5.56 Å². The number of hydrogen-bond donors (Lipinski definition) is 2. The average Bonchev–Trinajstić information content (AvgIpc) is 2.54. The second kappa shape index (κ2) is 4.11. The van der Waals surface area contributed by atoms with Crippen molar-refractivity contribution >= 4 is 23.2 Å². The lowest BCUT2D eigenvalue weighted by molar-refractivity contribution is -0.123. The van der Waals surface area contributed by atoms with Gasteiger partial charge in [-0.25, -0.2) is 0 Å². The van der Waals surface area contributed by atoms with Gasteiger partial charge in [0.05, 0.1) is 0 Å². The van der Waals surface area contributed by atoms with Crippen LogP contribution in [0.5, 0.6) is 0 Å². The van der Waals surface area contributed by atoms with Crippen LogP contribution in [0.1, 0.15) is 37.8 Å². The summed E-state index contributed by atoms with van der Waals surface area (Å²) < 4.78 is 0. The monoisotopic (exact) mass is 248 g/mol. The van der Waals surface area contributed by atoms with Crippen molar-refractivity contribution in [1.82, 2.24) is 10.6 Å². The van der Waals surface area contributed by atoms with Crippen molar-refractivity contribution in [3.8, 4) is 0 Å². The van der Waals surface area contributed by atoms with Crippen molar-refractivity contribution in [1.29, 1.82) is 0 Å². The summed E-state index contributed by atoms with van der Waals surface area (Å²) in [6, 6.07) is 8.08. The molecule has 1 unspecified atom stereocenters. The SMILES string of the molecule is CC(C)c1ccc(C2(C)NC(=S)NC2=O)cc1. The number of carbonyl (C=O) groups excluding carboxylic acids is 1. The molecule has 0 aromatic heterocycles. The average molecular weight is 248 g/mol. The van der Waals surface area contributed by atoms with Gasteiger partial charge in [0.15, 0.2) is 5.11 Å². The first-order valence-electron chi connectivity index (χ1n) is 5.67. The van der Waals surface area contributed by atoms with Crippen LogP contribution in [0.25, 0.3) is 0 Å². The van der Waals surface area contributed by atoms with Gasteiger partial charge in [-0.1, -0.05) is 38.1 Å². The molecular weight excluding hydrogens is 232 g/mol. The number of carbonyl (C=O) groups is 1. The van der Waals surface area contributed by atoms with Gasteiger partial charge in [0.25, 0.3) is 5.91 Å². The van der Waals surface area contributed by atoms with E-state index in [4.69, 9.17) is 12.2 Å². The molecule has 0 radical (unpaired) electrons. The summed E-state index contributed by atoms with van der Waals surface area (Å²) in [5, 5.41) is 6.03. The molecule has 0 saturated carbocycles. The van der Waals surface area contributed by atoms with Gasteiger partial charge in [-0.05, 0) is 36.2 Å². The zero-order chi connectivity index (χ0) is 12.6. The highest BCUT2D eigenvalue weighted by molar-refractivity contribution is 7.80. The molecular formula is C13H16N2OS. The molecule has 0 spiro atoms. The second-order valence-corrected chi connectivity index (χ2v) is 5.22. The van der Waals surface area contributed by atoms with Crippen LogP contribution in [-0.2, 0) is 10.3 Å². The molecule has 1 aromatic rings. The molecule has 0 bridgehead atoms. The van der Waals surface area contributed by atoms with Crippen LogP contribution in [0.4, 0.5) is 0 Å². The molecule has 4 heteroatoms. The first-order valence-corrected chi connectivity index (χ1v) is 6.08. The summed E-state index contributed by atoms with van der Waals surface area (Å²) in [6.45, 7) is 6.13. The maximum atomic E-state index is 11.9. The molecule has 1 fully saturated rings. The lowest BCUT2D eigenvalue weighted by Gasteiger charge is -2.22. The minimum absolute atomic E-state index is 0.0974. The first-order chi connectivity index (χ1) is 7.93. The van der Waals surface area contributed by atoms with Gasteiger partial charge >= 0.3 is 0 Å². The maximum Gasteiger partial charge on any atom is 0.256 e. The zero-order valence-corrected chi connectivity index (χ0v) is 11.0. The molecule has 0 aliphatic carbocycles. The second-order valence-electron chi connectivity index (χ2n) is 4.81. The summed E-state index contributed by atoms with van der Waals surface area (Å²) >= 11 is 4.97. The molecule has 1 aliphatic heterocycles. The van der Waals surface area contributed by atoms with Gasteiger partial charge in [0.1, 0.15) is 5.54 Å². The van der Waals surface area contributed by atoms with Crippen molar-refractivity contribution in [3.05, 3.63) is 35.4 Å². The van der Waals surface area contributed by atoms with Crippen LogP contribution < -0.4 is 10.6 Å². The number of nitrogens with one attached hydrogen (secondary N) is 2. The van der Waals surface area contributed by atoms with Gasteiger partial charge < -0.3 is 10.6 Å². The van der Waals surface area contributed by atoms with E-state index in [-0.39, 0.29) is 5.91 Å². The van der Waals surface area contributed by atoms with E-state index in [9.17, 15) is 4.79 Å². The fraction of sp³-hybridized carbons (Fsp3) is 0.385. The fourth-order valence-electron chi connectivity index (χ4n) is 1.95. The topological polar surface area (TPSA) is 41.1 Å². The van der Waals surface area contributed by atoms with E-state index in [1.165, 1.54) is 5.56 Å². The molecule has 3 nitrogen and oxygen atoms in total. The lowest BCUT2D eigenvalue weighted by atomic mass is 9.90. The molecule has 1 aliphatic rings. The van der Waals surface area contributed by atoms with Crippen LogP contribution in [0, 0.1) is 0 Å². The standard InChI is InChI=1S/C13H16N2OS/c1-8(2)9-4-6-10(7-5-9)13(3)11(16)14-12(17)15-13/h4-8H,1-3H3,(H2,14,15,16,17). The van der Waals surface area contributed by atoms with E-state index >= 15 is 0 Å². The Kier molecular flexibility index (Phi) is 2.91. The molecule has 17 heavy (non-hydrogen) atoms. The van der Waals surface area contributed by atoms with Crippen molar-refractivity contribution in [2.24, 2.45) is 0 Å². The van der Waals surface area contributed by atoms with Gasteiger partial charge in [0, 0.05) is 0 Å². The first kappa shape index (κ1) is 12.0. The number of thiocarbonyl (C=S) groups is 1. The predicted molar refractivity (Wildman–Crippen MR) is 71.8 cm³/mol. The molecule has 1 heterocycles.